The molecule has 4 heteroatoms. The Morgan fingerprint density at radius 2 is 1.88 bits per heavy atom. The van der Waals surface area contributed by atoms with Crippen LogP contribution in [0, 0.1) is 11.6 Å². The summed E-state index contributed by atoms with van der Waals surface area (Å²) in [7, 11) is 1.73. The van der Waals surface area contributed by atoms with Crippen LogP contribution in [0.25, 0.3) is 0 Å². The second-order valence-corrected chi connectivity index (χ2v) is 4.14. The van der Waals surface area contributed by atoms with Crippen molar-refractivity contribution in [3.63, 3.8) is 0 Å². The maximum Gasteiger partial charge on any atom is 0.191 e. The van der Waals surface area contributed by atoms with E-state index in [2.05, 4.69) is 5.32 Å². The van der Waals surface area contributed by atoms with Crippen LogP contribution in [0.5, 0.6) is 5.75 Å². The Kier molecular flexibility index (Phi) is 5.35. The van der Waals surface area contributed by atoms with Crippen molar-refractivity contribution in [3.05, 3.63) is 29.3 Å². The normalized spacial score (nSPS) is 12.5. The molecule has 0 aromatic heterocycles. The van der Waals surface area contributed by atoms with Gasteiger partial charge in [0.25, 0.3) is 0 Å². The molecule has 2 nitrogen and oxygen atoms in total. The summed E-state index contributed by atoms with van der Waals surface area (Å²) in [5.74, 6) is -1.55. The molecule has 0 spiro atoms. The summed E-state index contributed by atoms with van der Waals surface area (Å²) in [4.78, 5) is 0. The van der Waals surface area contributed by atoms with Gasteiger partial charge in [-0.25, -0.2) is 8.78 Å². The highest BCUT2D eigenvalue weighted by molar-refractivity contribution is 5.31. The minimum absolute atomic E-state index is 0.181. The molecule has 0 aliphatic heterocycles. The van der Waals surface area contributed by atoms with Gasteiger partial charge in [0.05, 0.1) is 6.10 Å². The van der Waals surface area contributed by atoms with Gasteiger partial charge < -0.3 is 10.1 Å². The third-order valence-electron chi connectivity index (χ3n) is 2.45. The molecular formula is C13H19F2NO. The highest BCUT2D eigenvalue weighted by Crippen LogP contribution is 2.25. The highest BCUT2D eigenvalue weighted by atomic mass is 19.1. The summed E-state index contributed by atoms with van der Waals surface area (Å²) in [6.07, 6.45) is 1.51. The molecule has 0 aliphatic carbocycles. The third-order valence-corrected chi connectivity index (χ3v) is 2.45. The van der Waals surface area contributed by atoms with E-state index in [4.69, 9.17) is 4.74 Å². The minimum atomic E-state index is -0.641. The predicted molar refractivity (Wildman–Crippen MR) is 64.1 cm³/mol. The Labute approximate surface area is 101 Å². The van der Waals surface area contributed by atoms with E-state index >= 15 is 0 Å². The van der Waals surface area contributed by atoms with Crippen LogP contribution in [0.4, 0.5) is 8.78 Å². The monoisotopic (exact) mass is 243 g/mol. The Morgan fingerprint density at radius 3 is 2.35 bits per heavy atom. The van der Waals surface area contributed by atoms with Crippen LogP contribution in [-0.2, 0) is 6.54 Å². The lowest BCUT2D eigenvalue weighted by molar-refractivity contribution is 0.191. The van der Waals surface area contributed by atoms with Crippen LogP contribution in [0.2, 0.25) is 0 Å². The van der Waals surface area contributed by atoms with Crippen LogP contribution in [0.15, 0.2) is 12.1 Å². The van der Waals surface area contributed by atoms with E-state index in [1.165, 1.54) is 12.1 Å². The Bertz CT molecular complexity index is 345. The van der Waals surface area contributed by atoms with Crippen molar-refractivity contribution in [2.24, 2.45) is 0 Å². The number of nitrogens with one attached hydrogen (secondary N) is 1. The molecule has 0 aliphatic rings. The molecule has 0 saturated heterocycles. The van der Waals surface area contributed by atoms with Gasteiger partial charge in [-0.2, -0.15) is 0 Å². The lowest BCUT2D eigenvalue weighted by Crippen LogP contribution is -2.14. The summed E-state index contributed by atoms with van der Waals surface area (Å²) in [6, 6.07) is 2.60. The van der Waals surface area contributed by atoms with Crippen molar-refractivity contribution in [2.75, 3.05) is 7.05 Å². The van der Waals surface area contributed by atoms with Gasteiger partial charge in [-0.1, -0.05) is 13.3 Å². The lowest BCUT2D eigenvalue weighted by Gasteiger charge is -2.15. The van der Waals surface area contributed by atoms with Crippen LogP contribution in [-0.4, -0.2) is 13.2 Å². The zero-order valence-electron chi connectivity index (χ0n) is 10.5. The summed E-state index contributed by atoms with van der Waals surface area (Å²) in [5.41, 5.74) is 0.568. The molecule has 0 heterocycles. The van der Waals surface area contributed by atoms with Gasteiger partial charge in [-0.3, -0.25) is 0 Å². The molecular weight excluding hydrogens is 224 g/mol. The first-order valence-electron chi connectivity index (χ1n) is 5.87. The first-order valence-corrected chi connectivity index (χ1v) is 5.87. The molecule has 96 valence electrons. The standard InChI is InChI=1S/C13H19F2NO/c1-4-5-9(2)17-13-11(14)6-10(8-16-3)7-12(13)15/h6-7,9,16H,4-5,8H2,1-3H3. The van der Waals surface area contributed by atoms with Gasteiger partial charge in [-0.05, 0) is 38.1 Å². The molecule has 1 aromatic rings. The predicted octanol–water partition coefficient (Wildman–Crippen LogP) is 3.25. The maximum absolute atomic E-state index is 13.6. The number of rotatable bonds is 6. The fourth-order valence-electron chi connectivity index (χ4n) is 1.70. The molecule has 0 amide bonds. The first-order chi connectivity index (χ1) is 8.08. The highest BCUT2D eigenvalue weighted by Gasteiger charge is 2.15. The molecule has 17 heavy (non-hydrogen) atoms. The molecule has 0 fully saturated rings. The van der Waals surface area contributed by atoms with E-state index in [-0.39, 0.29) is 11.9 Å². The van der Waals surface area contributed by atoms with Gasteiger partial charge in [0.1, 0.15) is 0 Å². The molecule has 1 N–H and O–H groups in total. The average molecular weight is 243 g/mol. The third kappa shape index (κ3) is 3.97. The van der Waals surface area contributed by atoms with Gasteiger partial charge in [-0.15, -0.1) is 0 Å². The van der Waals surface area contributed by atoms with Crippen LogP contribution < -0.4 is 10.1 Å². The number of hydrogen-bond donors (Lipinski definition) is 1. The van der Waals surface area contributed by atoms with Gasteiger partial charge >= 0.3 is 0 Å². The summed E-state index contributed by atoms with van der Waals surface area (Å²) in [5, 5.41) is 2.84. The van der Waals surface area contributed by atoms with Gasteiger partial charge in [0.15, 0.2) is 17.4 Å². The molecule has 0 saturated carbocycles. The van der Waals surface area contributed by atoms with Crippen LogP contribution in [0.1, 0.15) is 32.3 Å². The van der Waals surface area contributed by atoms with E-state index in [1.807, 2.05) is 13.8 Å². The van der Waals surface area contributed by atoms with Crippen molar-refractivity contribution in [2.45, 2.75) is 39.3 Å². The van der Waals surface area contributed by atoms with Gasteiger partial charge in [0, 0.05) is 6.54 Å². The second-order valence-electron chi connectivity index (χ2n) is 4.14. The van der Waals surface area contributed by atoms with Crippen molar-refractivity contribution < 1.29 is 13.5 Å². The number of benzene rings is 1. The van der Waals surface area contributed by atoms with Crippen LogP contribution >= 0.6 is 0 Å². The molecule has 0 bridgehead atoms. The van der Waals surface area contributed by atoms with Crippen molar-refractivity contribution in [3.8, 4) is 5.75 Å². The average Bonchev–Trinajstić information content (AvgIpc) is 2.24. The van der Waals surface area contributed by atoms with Crippen molar-refractivity contribution in [1.29, 1.82) is 0 Å². The maximum atomic E-state index is 13.6. The van der Waals surface area contributed by atoms with Crippen molar-refractivity contribution >= 4 is 0 Å². The molecule has 1 rings (SSSR count). The van der Waals surface area contributed by atoms with E-state index in [1.54, 1.807) is 7.05 Å². The fourth-order valence-corrected chi connectivity index (χ4v) is 1.70. The first kappa shape index (κ1) is 13.9. The van der Waals surface area contributed by atoms with E-state index in [9.17, 15) is 8.78 Å². The number of ether oxygens (including phenoxy) is 1. The summed E-state index contributed by atoms with van der Waals surface area (Å²) < 4.78 is 32.6. The quantitative estimate of drug-likeness (QED) is 0.828. The minimum Gasteiger partial charge on any atom is -0.485 e. The number of halogens is 2. The molecule has 0 radical (unpaired) electrons. The largest absolute Gasteiger partial charge is 0.485 e. The Morgan fingerprint density at radius 1 is 1.29 bits per heavy atom. The SMILES string of the molecule is CCCC(C)Oc1c(F)cc(CNC)cc1F. The lowest BCUT2D eigenvalue weighted by atomic mass is 10.2. The van der Waals surface area contributed by atoms with E-state index in [0.29, 0.717) is 12.1 Å². The van der Waals surface area contributed by atoms with Crippen LogP contribution in [0.3, 0.4) is 0 Å². The van der Waals surface area contributed by atoms with Gasteiger partial charge in [0.2, 0.25) is 0 Å². The summed E-state index contributed by atoms with van der Waals surface area (Å²) >= 11 is 0. The zero-order chi connectivity index (χ0) is 12.8. The topological polar surface area (TPSA) is 21.3 Å². The second kappa shape index (κ2) is 6.55. The molecule has 1 atom stereocenters. The number of hydrogen-bond acceptors (Lipinski definition) is 2. The smallest absolute Gasteiger partial charge is 0.191 e. The van der Waals surface area contributed by atoms with E-state index in [0.717, 1.165) is 12.8 Å². The zero-order valence-corrected chi connectivity index (χ0v) is 10.5. The van der Waals surface area contributed by atoms with Crippen molar-refractivity contribution in [1.82, 2.24) is 5.32 Å². The van der Waals surface area contributed by atoms with E-state index < -0.39 is 11.6 Å². The Hall–Kier alpha value is -1.16. The summed E-state index contributed by atoms with van der Waals surface area (Å²) in [6.45, 7) is 4.24. The Balaban J connectivity index is 2.85. The molecule has 1 unspecified atom stereocenters. The fraction of sp³-hybridized carbons (Fsp3) is 0.538. The molecule has 1 aromatic carbocycles.